The number of rotatable bonds is 4. The fourth-order valence-electron chi connectivity index (χ4n) is 2.66. The van der Waals surface area contributed by atoms with Crippen LogP contribution in [0.2, 0.25) is 0 Å². The normalized spacial score (nSPS) is 23.3. The molecule has 108 valence electrons. The van der Waals surface area contributed by atoms with Crippen LogP contribution >= 0.6 is 0 Å². The Morgan fingerprint density at radius 2 is 1.61 bits per heavy atom. The number of hydrogen-bond donors (Lipinski definition) is 1. The van der Waals surface area contributed by atoms with Gasteiger partial charge in [0.2, 0.25) is 0 Å². The maximum atomic E-state index is 3.68. The van der Waals surface area contributed by atoms with Crippen molar-refractivity contribution in [1.82, 2.24) is 10.2 Å². The Morgan fingerprint density at radius 1 is 1.11 bits per heavy atom. The quantitative estimate of drug-likeness (QED) is 0.826. The number of piperidine rings is 1. The lowest BCUT2D eigenvalue weighted by Gasteiger charge is -2.43. The fraction of sp³-hybridized carbons (Fsp3) is 1.00. The van der Waals surface area contributed by atoms with Crippen molar-refractivity contribution in [2.75, 3.05) is 19.6 Å². The average molecular weight is 254 g/mol. The van der Waals surface area contributed by atoms with E-state index in [0.717, 1.165) is 12.5 Å². The average Bonchev–Trinajstić information content (AvgIpc) is 2.18. The van der Waals surface area contributed by atoms with E-state index in [1.807, 2.05) is 0 Å². The Bertz CT molecular complexity index is 240. The van der Waals surface area contributed by atoms with Gasteiger partial charge < -0.3 is 5.32 Å². The molecule has 0 saturated carbocycles. The lowest BCUT2D eigenvalue weighted by Crippen LogP contribution is -2.52. The van der Waals surface area contributed by atoms with Gasteiger partial charge in [-0.2, -0.15) is 0 Å². The molecule has 0 spiro atoms. The molecule has 0 aromatic rings. The molecule has 1 aliphatic rings. The van der Waals surface area contributed by atoms with E-state index in [1.54, 1.807) is 0 Å². The smallest absolute Gasteiger partial charge is 0.0243 e. The van der Waals surface area contributed by atoms with E-state index in [-0.39, 0.29) is 5.54 Å². The predicted molar refractivity (Wildman–Crippen MR) is 81.0 cm³/mol. The standard InChI is InChI=1S/C16H34N2/c1-13(2)14(12-17-15(3,4)5)18-10-8-16(6,7)9-11-18/h13-14,17H,8-12H2,1-7H3. The lowest BCUT2D eigenvalue weighted by molar-refractivity contribution is 0.0698. The number of nitrogens with one attached hydrogen (secondary N) is 1. The summed E-state index contributed by atoms with van der Waals surface area (Å²) in [7, 11) is 0. The zero-order valence-electron chi connectivity index (χ0n) is 13.6. The number of likely N-dealkylation sites (tertiary alicyclic amines) is 1. The molecule has 0 bridgehead atoms. The van der Waals surface area contributed by atoms with Crippen LogP contribution in [0.5, 0.6) is 0 Å². The van der Waals surface area contributed by atoms with Crippen LogP contribution in [0.3, 0.4) is 0 Å². The first-order valence-corrected chi connectivity index (χ1v) is 7.60. The molecular formula is C16H34N2. The highest BCUT2D eigenvalue weighted by Crippen LogP contribution is 2.31. The molecule has 1 saturated heterocycles. The second kappa shape index (κ2) is 5.92. The molecule has 2 heteroatoms. The van der Waals surface area contributed by atoms with Gasteiger partial charge in [-0.3, -0.25) is 4.90 Å². The van der Waals surface area contributed by atoms with Crippen molar-refractivity contribution in [2.45, 2.75) is 72.9 Å². The zero-order valence-corrected chi connectivity index (χ0v) is 13.6. The monoisotopic (exact) mass is 254 g/mol. The lowest BCUT2D eigenvalue weighted by atomic mass is 9.81. The largest absolute Gasteiger partial charge is 0.311 e. The maximum Gasteiger partial charge on any atom is 0.0243 e. The van der Waals surface area contributed by atoms with E-state index in [1.165, 1.54) is 25.9 Å². The molecule has 1 heterocycles. The van der Waals surface area contributed by atoms with E-state index in [0.29, 0.717) is 11.5 Å². The first-order chi connectivity index (χ1) is 8.11. The zero-order chi connectivity index (χ0) is 14.0. The molecule has 1 N–H and O–H groups in total. The minimum absolute atomic E-state index is 0.224. The Kier molecular flexibility index (Phi) is 5.25. The summed E-state index contributed by atoms with van der Waals surface area (Å²) in [6.07, 6.45) is 2.68. The van der Waals surface area contributed by atoms with Gasteiger partial charge in [-0.1, -0.05) is 27.7 Å². The van der Waals surface area contributed by atoms with Crippen molar-refractivity contribution >= 4 is 0 Å². The van der Waals surface area contributed by atoms with Gasteiger partial charge in [0.25, 0.3) is 0 Å². The van der Waals surface area contributed by atoms with Crippen LogP contribution < -0.4 is 5.32 Å². The molecule has 2 nitrogen and oxygen atoms in total. The van der Waals surface area contributed by atoms with E-state index in [2.05, 4.69) is 58.7 Å². The molecule has 1 atom stereocenters. The van der Waals surface area contributed by atoms with Crippen molar-refractivity contribution in [3.05, 3.63) is 0 Å². The Balaban J connectivity index is 2.53. The maximum absolute atomic E-state index is 3.68. The number of hydrogen-bond acceptors (Lipinski definition) is 2. The molecule has 1 unspecified atom stereocenters. The first kappa shape index (κ1) is 16.0. The summed E-state index contributed by atoms with van der Waals surface area (Å²) in [5.74, 6) is 0.723. The van der Waals surface area contributed by atoms with E-state index >= 15 is 0 Å². The van der Waals surface area contributed by atoms with E-state index in [4.69, 9.17) is 0 Å². The first-order valence-electron chi connectivity index (χ1n) is 7.60. The van der Waals surface area contributed by atoms with Crippen molar-refractivity contribution in [3.63, 3.8) is 0 Å². The molecule has 0 amide bonds. The van der Waals surface area contributed by atoms with Gasteiger partial charge in [-0.25, -0.2) is 0 Å². The van der Waals surface area contributed by atoms with Gasteiger partial charge in [0.15, 0.2) is 0 Å². The Morgan fingerprint density at radius 3 is 2.00 bits per heavy atom. The van der Waals surface area contributed by atoms with Gasteiger partial charge in [-0.05, 0) is 58.0 Å². The molecule has 18 heavy (non-hydrogen) atoms. The van der Waals surface area contributed by atoms with Gasteiger partial charge in [-0.15, -0.1) is 0 Å². The highest BCUT2D eigenvalue weighted by atomic mass is 15.2. The third kappa shape index (κ3) is 5.27. The molecule has 1 rings (SSSR count). The molecule has 0 aliphatic carbocycles. The summed E-state index contributed by atoms with van der Waals surface area (Å²) in [5.41, 5.74) is 0.775. The van der Waals surface area contributed by atoms with Crippen LogP contribution in [0.4, 0.5) is 0 Å². The van der Waals surface area contributed by atoms with Crippen LogP contribution in [0.15, 0.2) is 0 Å². The summed E-state index contributed by atoms with van der Waals surface area (Å²) in [6, 6.07) is 0.681. The molecule has 0 aromatic heterocycles. The van der Waals surface area contributed by atoms with E-state index < -0.39 is 0 Å². The summed E-state index contributed by atoms with van der Waals surface area (Å²) in [5, 5.41) is 3.68. The van der Waals surface area contributed by atoms with Gasteiger partial charge in [0.1, 0.15) is 0 Å². The Hall–Kier alpha value is -0.0800. The minimum Gasteiger partial charge on any atom is -0.311 e. The molecule has 1 fully saturated rings. The summed E-state index contributed by atoms with van der Waals surface area (Å²) < 4.78 is 0. The fourth-order valence-corrected chi connectivity index (χ4v) is 2.66. The molecular weight excluding hydrogens is 220 g/mol. The van der Waals surface area contributed by atoms with Gasteiger partial charge in [0, 0.05) is 18.1 Å². The van der Waals surface area contributed by atoms with Gasteiger partial charge in [0.05, 0.1) is 0 Å². The molecule has 0 radical (unpaired) electrons. The van der Waals surface area contributed by atoms with Crippen molar-refractivity contribution in [2.24, 2.45) is 11.3 Å². The SMILES string of the molecule is CC(C)C(CNC(C)(C)C)N1CCC(C)(C)CC1. The summed E-state index contributed by atoms with van der Waals surface area (Å²) in [4.78, 5) is 2.70. The van der Waals surface area contributed by atoms with Crippen LogP contribution in [0.25, 0.3) is 0 Å². The van der Waals surface area contributed by atoms with Crippen LogP contribution in [-0.2, 0) is 0 Å². The highest BCUT2D eigenvalue weighted by Gasteiger charge is 2.30. The van der Waals surface area contributed by atoms with Crippen molar-refractivity contribution in [3.8, 4) is 0 Å². The predicted octanol–water partition coefficient (Wildman–Crippen LogP) is 3.52. The topological polar surface area (TPSA) is 15.3 Å². The molecule has 1 aliphatic heterocycles. The van der Waals surface area contributed by atoms with Gasteiger partial charge >= 0.3 is 0 Å². The van der Waals surface area contributed by atoms with Crippen LogP contribution in [-0.4, -0.2) is 36.1 Å². The summed E-state index contributed by atoms with van der Waals surface area (Å²) in [6.45, 7) is 19.9. The van der Waals surface area contributed by atoms with Crippen LogP contribution in [0, 0.1) is 11.3 Å². The Labute approximate surface area is 115 Å². The third-order valence-corrected chi connectivity index (χ3v) is 4.23. The third-order valence-electron chi connectivity index (χ3n) is 4.23. The van der Waals surface area contributed by atoms with Crippen molar-refractivity contribution < 1.29 is 0 Å². The van der Waals surface area contributed by atoms with Crippen LogP contribution in [0.1, 0.15) is 61.3 Å². The molecule has 0 aromatic carbocycles. The van der Waals surface area contributed by atoms with Crippen molar-refractivity contribution in [1.29, 1.82) is 0 Å². The van der Waals surface area contributed by atoms with E-state index in [9.17, 15) is 0 Å². The number of nitrogens with zero attached hydrogens (tertiary/aromatic N) is 1. The second-order valence-corrected chi connectivity index (χ2v) is 8.14. The minimum atomic E-state index is 0.224. The second-order valence-electron chi connectivity index (χ2n) is 8.14. The highest BCUT2D eigenvalue weighted by molar-refractivity contribution is 4.86. The summed E-state index contributed by atoms with van der Waals surface area (Å²) >= 11 is 0.